The minimum absolute atomic E-state index is 0.0784. The van der Waals surface area contributed by atoms with Crippen LogP contribution in [0, 0.1) is 24.0 Å². The number of carbonyl (C=O) groups excluding carboxylic acids is 1. The second kappa shape index (κ2) is 10.2. The van der Waals surface area contributed by atoms with Gasteiger partial charge in [-0.15, -0.1) is 10.2 Å². The van der Waals surface area contributed by atoms with Gasteiger partial charge in [0.05, 0.1) is 29.4 Å². The number of nitro groups is 1. The molecule has 0 unspecified atom stereocenters. The SMILES string of the molecule is Cc1cc(-c2nn3c(C)nnc3s2)ccc1NC(=S)NC(=O)c1cc([N+](=O)[O-])ccc1N1CCOCC1. The lowest BCUT2D eigenvalue weighted by molar-refractivity contribution is -0.384. The summed E-state index contributed by atoms with van der Waals surface area (Å²) in [5, 5.41) is 30.6. The van der Waals surface area contributed by atoms with Crippen LogP contribution in [0.15, 0.2) is 36.4 Å². The van der Waals surface area contributed by atoms with Crippen LogP contribution in [0.25, 0.3) is 15.5 Å². The molecule has 0 spiro atoms. The van der Waals surface area contributed by atoms with Crippen LogP contribution in [0.4, 0.5) is 17.1 Å². The zero-order chi connectivity index (χ0) is 26.1. The van der Waals surface area contributed by atoms with Crippen molar-refractivity contribution in [1.82, 2.24) is 25.1 Å². The van der Waals surface area contributed by atoms with Gasteiger partial charge in [-0.05, 0) is 55.9 Å². The Labute approximate surface area is 220 Å². The van der Waals surface area contributed by atoms with E-state index in [0.29, 0.717) is 48.5 Å². The molecule has 190 valence electrons. The Balaban J connectivity index is 1.32. The maximum atomic E-state index is 13.2. The third-order valence-electron chi connectivity index (χ3n) is 5.88. The lowest BCUT2D eigenvalue weighted by Gasteiger charge is -2.30. The molecular formula is C23H22N8O4S2. The average Bonchev–Trinajstić information content (AvgIpc) is 3.47. The van der Waals surface area contributed by atoms with Crippen molar-refractivity contribution < 1.29 is 14.5 Å². The fraction of sp³-hybridized carbons (Fsp3) is 0.261. The monoisotopic (exact) mass is 538 g/mol. The number of non-ortho nitro benzene ring substituents is 1. The van der Waals surface area contributed by atoms with Gasteiger partial charge in [0.1, 0.15) is 5.01 Å². The van der Waals surface area contributed by atoms with Crippen molar-refractivity contribution in [3.8, 4) is 10.6 Å². The molecule has 1 amide bonds. The summed E-state index contributed by atoms with van der Waals surface area (Å²) < 4.78 is 7.09. The Bertz CT molecular complexity index is 1530. The number of aromatic nitrogens is 4. The van der Waals surface area contributed by atoms with Gasteiger partial charge < -0.3 is 15.0 Å². The fourth-order valence-electron chi connectivity index (χ4n) is 3.99. The average molecular weight is 539 g/mol. The second-order valence-corrected chi connectivity index (χ2v) is 9.71. The molecule has 1 aliphatic rings. The number of aryl methyl sites for hydroxylation is 2. The summed E-state index contributed by atoms with van der Waals surface area (Å²) >= 11 is 6.83. The van der Waals surface area contributed by atoms with Crippen molar-refractivity contribution in [2.75, 3.05) is 36.5 Å². The number of amides is 1. The van der Waals surface area contributed by atoms with Crippen LogP contribution in [0.3, 0.4) is 0 Å². The number of nitrogens with one attached hydrogen (secondary N) is 2. The van der Waals surface area contributed by atoms with Crippen molar-refractivity contribution >= 4 is 56.6 Å². The van der Waals surface area contributed by atoms with Gasteiger partial charge in [-0.2, -0.15) is 9.61 Å². The normalized spacial score (nSPS) is 13.5. The van der Waals surface area contributed by atoms with Gasteiger partial charge in [0.2, 0.25) is 4.96 Å². The highest BCUT2D eigenvalue weighted by Gasteiger charge is 2.23. The third-order valence-corrected chi connectivity index (χ3v) is 7.03. The molecule has 4 aromatic rings. The molecule has 3 heterocycles. The van der Waals surface area contributed by atoms with Crippen LogP contribution < -0.4 is 15.5 Å². The highest BCUT2D eigenvalue weighted by atomic mass is 32.1. The minimum Gasteiger partial charge on any atom is -0.378 e. The van der Waals surface area contributed by atoms with Crippen molar-refractivity contribution in [3.63, 3.8) is 0 Å². The number of morpholine rings is 1. The molecule has 2 aromatic carbocycles. The van der Waals surface area contributed by atoms with Gasteiger partial charge in [-0.25, -0.2) is 0 Å². The van der Waals surface area contributed by atoms with E-state index < -0.39 is 10.8 Å². The summed E-state index contributed by atoms with van der Waals surface area (Å²) in [6.45, 7) is 5.93. The van der Waals surface area contributed by atoms with Gasteiger partial charge >= 0.3 is 0 Å². The van der Waals surface area contributed by atoms with Crippen LogP contribution in [-0.2, 0) is 4.74 Å². The fourth-order valence-corrected chi connectivity index (χ4v) is 5.08. The number of hydrogen-bond acceptors (Lipinski definition) is 10. The molecule has 2 N–H and O–H groups in total. The van der Waals surface area contributed by atoms with Crippen molar-refractivity contribution in [1.29, 1.82) is 0 Å². The van der Waals surface area contributed by atoms with E-state index in [2.05, 4.69) is 25.9 Å². The number of carbonyl (C=O) groups is 1. The molecule has 37 heavy (non-hydrogen) atoms. The van der Waals surface area contributed by atoms with E-state index in [9.17, 15) is 14.9 Å². The first-order valence-corrected chi connectivity index (χ1v) is 12.6. The van der Waals surface area contributed by atoms with Gasteiger partial charge in [0, 0.05) is 36.5 Å². The van der Waals surface area contributed by atoms with E-state index in [1.807, 2.05) is 36.9 Å². The summed E-state index contributed by atoms with van der Waals surface area (Å²) in [5.74, 6) is 0.182. The quantitative estimate of drug-likeness (QED) is 0.221. The van der Waals surface area contributed by atoms with Crippen LogP contribution in [0.2, 0.25) is 0 Å². The number of hydrogen-bond donors (Lipinski definition) is 2. The summed E-state index contributed by atoms with van der Waals surface area (Å²) in [7, 11) is 0. The second-order valence-electron chi connectivity index (χ2n) is 8.34. The summed E-state index contributed by atoms with van der Waals surface area (Å²) in [6.07, 6.45) is 0. The van der Waals surface area contributed by atoms with Crippen LogP contribution in [-0.4, -0.2) is 62.1 Å². The topological polar surface area (TPSA) is 140 Å². The highest BCUT2D eigenvalue weighted by Crippen LogP contribution is 2.29. The first-order valence-electron chi connectivity index (χ1n) is 11.3. The summed E-state index contributed by atoms with van der Waals surface area (Å²) in [5.41, 5.74) is 3.11. The molecule has 1 saturated heterocycles. The maximum Gasteiger partial charge on any atom is 0.270 e. The van der Waals surface area contributed by atoms with E-state index in [1.54, 1.807) is 10.6 Å². The molecule has 0 aliphatic carbocycles. The first kappa shape index (κ1) is 24.7. The van der Waals surface area contributed by atoms with Crippen molar-refractivity contribution in [2.45, 2.75) is 13.8 Å². The lowest BCUT2D eigenvalue weighted by atomic mass is 10.1. The van der Waals surface area contributed by atoms with Crippen molar-refractivity contribution in [3.05, 3.63) is 63.5 Å². The van der Waals surface area contributed by atoms with Crippen LogP contribution >= 0.6 is 23.6 Å². The zero-order valence-electron chi connectivity index (χ0n) is 19.9. The molecular weight excluding hydrogens is 516 g/mol. The molecule has 5 rings (SSSR count). The van der Waals surface area contributed by atoms with Crippen LogP contribution in [0.1, 0.15) is 21.7 Å². The Kier molecular flexibility index (Phi) is 6.78. The Morgan fingerprint density at radius 1 is 1.16 bits per heavy atom. The largest absolute Gasteiger partial charge is 0.378 e. The first-order chi connectivity index (χ1) is 17.8. The molecule has 0 saturated carbocycles. The lowest BCUT2D eigenvalue weighted by Crippen LogP contribution is -2.39. The molecule has 2 aromatic heterocycles. The number of nitro benzene ring substituents is 1. The van der Waals surface area contributed by atoms with Gasteiger partial charge in [-0.1, -0.05) is 11.3 Å². The molecule has 12 nitrogen and oxygen atoms in total. The Hall–Kier alpha value is -4.01. The molecule has 14 heteroatoms. The summed E-state index contributed by atoms with van der Waals surface area (Å²) in [6, 6.07) is 9.96. The van der Waals surface area contributed by atoms with E-state index in [1.165, 1.54) is 23.5 Å². The Morgan fingerprint density at radius 3 is 2.65 bits per heavy atom. The van der Waals surface area contributed by atoms with Gasteiger partial charge in [0.15, 0.2) is 10.9 Å². The van der Waals surface area contributed by atoms with E-state index in [-0.39, 0.29) is 16.4 Å². The number of benzene rings is 2. The summed E-state index contributed by atoms with van der Waals surface area (Å²) in [4.78, 5) is 26.6. The molecule has 0 bridgehead atoms. The Morgan fingerprint density at radius 2 is 1.95 bits per heavy atom. The van der Waals surface area contributed by atoms with Gasteiger partial charge in [-0.3, -0.25) is 20.2 Å². The number of fused-ring (bicyclic) bond motifs is 1. The molecule has 1 aliphatic heterocycles. The zero-order valence-corrected chi connectivity index (χ0v) is 21.6. The number of rotatable bonds is 5. The standard InChI is InChI=1S/C23H22N8O4S2/c1-13-11-15(21-28-30-14(2)26-27-23(30)37-21)3-5-18(13)24-22(36)25-20(32)17-12-16(31(33)34)4-6-19(17)29-7-9-35-10-8-29/h3-6,11-12H,7-10H2,1-2H3,(H2,24,25,32,36). The minimum atomic E-state index is -0.535. The van der Waals surface area contributed by atoms with Crippen LogP contribution in [0.5, 0.6) is 0 Å². The maximum absolute atomic E-state index is 13.2. The van der Waals surface area contributed by atoms with Crippen molar-refractivity contribution in [2.24, 2.45) is 0 Å². The van der Waals surface area contributed by atoms with E-state index in [4.69, 9.17) is 17.0 Å². The molecule has 0 radical (unpaired) electrons. The van der Waals surface area contributed by atoms with E-state index >= 15 is 0 Å². The smallest absolute Gasteiger partial charge is 0.270 e. The number of anilines is 2. The number of nitrogens with zero attached hydrogens (tertiary/aromatic N) is 6. The molecule has 1 fully saturated rings. The highest BCUT2D eigenvalue weighted by molar-refractivity contribution is 7.80. The van der Waals surface area contributed by atoms with Gasteiger partial charge in [0.25, 0.3) is 11.6 Å². The molecule has 0 atom stereocenters. The number of ether oxygens (including phenoxy) is 1. The van der Waals surface area contributed by atoms with E-state index in [0.717, 1.165) is 16.1 Å². The number of thiocarbonyl (C=S) groups is 1. The predicted molar refractivity (Wildman–Crippen MR) is 143 cm³/mol. The third kappa shape index (κ3) is 5.12. The predicted octanol–water partition coefficient (Wildman–Crippen LogP) is 3.34.